The van der Waals surface area contributed by atoms with Gasteiger partial charge in [0.1, 0.15) is 6.04 Å². The summed E-state index contributed by atoms with van der Waals surface area (Å²) in [5.74, 6) is -0.891. The number of nitrogens with zero attached hydrogens (tertiary/aromatic N) is 2. The van der Waals surface area contributed by atoms with Crippen LogP contribution in [0.1, 0.15) is 33.3 Å². The molecular weight excluding hydrogens is 485 g/mol. The second-order valence-corrected chi connectivity index (χ2v) is 11.6. The first-order valence-corrected chi connectivity index (χ1v) is 12.5. The van der Waals surface area contributed by atoms with Crippen LogP contribution >= 0.6 is 23.2 Å². The topological polar surface area (TPSA) is 86.8 Å². The van der Waals surface area contributed by atoms with Gasteiger partial charge in [0.05, 0.1) is 11.4 Å². The van der Waals surface area contributed by atoms with Crippen molar-refractivity contribution in [3.8, 4) is 0 Å². The summed E-state index contributed by atoms with van der Waals surface area (Å²) in [7, 11) is -2.62. The molecule has 0 bridgehead atoms. The zero-order chi connectivity index (χ0) is 25.0. The highest BCUT2D eigenvalue weighted by atomic mass is 35.5. The van der Waals surface area contributed by atoms with E-state index in [2.05, 4.69) is 5.32 Å². The van der Waals surface area contributed by atoms with E-state index in [1.54, 1.807) is 31.2 Å². The summed E-state index contributed by atoms with van der Waals surface area (Å²) in [6.07, 6.45) is 0. The molecule has 0 saturated heterocycles. The van der Waals surface area contributed by atoms with Gasteiger partial charge in [0, 0.05) is 29.2 Å². The van der Waals surface area contributed by atoms with E-state index in [0.717, 1.165) is 4.31 Å². The molecule has 2 aromatic rings. The number of nitrogens with one attached hydrogen (secondary N) is 1. The molecule has 0 fully saturated rings. The van der Waals surface area contributed by atoms with Crippen LogP contribution in [0.25, 0.3) is 0 Å². The second kappa shape index (κ2) is 10.9. The standard InChI is InChI=1S/C23H29Cl2N3O4S/c1-16(22(30)26-23(2,3)4)28(14-17-8-6-7-9-20(17)25)21(29)15-27(5)33(31,32)19-12-10-18(24)11-13-19/h6-13,16H,14-15H2,1-5H3,(H,26,30)/t16-/m1/s1. The molecule has 1 N–H and O–H groups in total. The average Bonchev–Trinajstić information content (AvgIpc) is 2.71. The van der Waals surface area contributed by atoms with Crippen LogP contribution in [0, 0.1) is 0 Å². The molecule has 7 nitrogen and oxygen atoms in total. The van der Waals surface area contributed by atoms with Crippen LogP contribution < -0.4 is 5.32 Å². The largest absolute Gasteiger partial charge is 0.350 e. The minimum absolute atomic E-state index is 0.0124. The van der Waals surface area contributed by atoms with E-state index >= 15 is 0 Å². The lowest BCUT2D eigenvalue weighted by Gasteiger charge is -2.32. The van der Waals surface area contributed by atoms with Gasteiger partial charge in [0.15, 0.2) is 0 Å². The number of hydrogen-bond acceptors (Lipinski definition) is 4. The van der Waals surface area contributed by atoms with Crippen molar-refractivity contribution in [1.29, 1.82) is 0 Å². The predicted molar refractivity (Wildman–Crippen MR) is 131 cm³/mol. The highest BCUT2D eigenvalue weighted by Gasteiger charge is 2.31. The van der Waals surface area contributed by atoms with E-state index < -0.39 is 34.1 Å². The molecule has 0 aliphatic heterocycles. The fourth-order valence-electron chi connectivity index (χ4n) is 3.02. The third kappa shape index (κ3) is 7.43. The molecule has 0 saturated carbocycles. The molecule has 10 heteroatoms. The Balaban J connectivity index is 2.31. The molecule has 2 rings (SSSR count). The van der Waals surface area contributed by atoms with E-state index in [-0.39, 0.29) is 17.3 Å². The quantitative estimate of drug-likeness (QED) is 0.578. The van der Waals surface area contributed by atoms with Crippen molar-refractivity contribution in [2.75, 3.05) is 13.6 Å². The molecule has 2 amide bonds. The normalized spacial score (nSPS) is 13.0. The Hall–Kier alpha value is -2.13. The molecule has 0 unspecified atom stereocenters. The summed E-state index contributed by atoms with van der Waals surface area (Å²) >= 11 is 12.1. The fourth-order valence-corrected chi connectivity index (χ4v) is 4.46. The van der Waals surface area contributed by atoms with Gasteiger partial charge < -0.3 is 10.2 Å². The molecule has 0 heterocycles. The molecular formula is C23H29Cl2N3O4S. The van der Waals surface area contributed by atoms with Gasteiger partial charge in [0.2, 0.25) is 21.8 Å². The van der Waals surface area contributed by atoms with Crippen LogP contribution in [-0.2, 0) is 26.2 Å². The maximum atomic E-state index is 13.3. The Bertz CT molecular complexity index is 1100. The fraction of sp³-hybridized carbons (Fsp3) is 0.391. The van der Waals surface area contributed by atoms with Crippen molar-refractivity contribution < 1.29 is 18.0 Å². The monoisotopic (exact) mass is 513 g/mol. The first-order chi connectivity index (χ1) is 15.2. The summed E-state index contributed by atoms with van der Waals surface area (Å²) in [6, 6.07) is 11.8. The van der Waals surface area contributed by atoms with Gasteiger partial charge in [-0.05, 0) is 63.6 Å². The van der Waals surface area contributed by atoms with Crippen molar-refractivity contribution in [2.24, 2.45) is 0 Å². The van der Waals surface area contributed by atoms with Crippen LogP contribution in [0.15, 0.2) is 53.4 Å². The van der Waals surface area contributed by atoms with E-state index in [1.165, 1.54) is 36.2 Å². The zero-order valence-electron chi connectivity index (χ0n) is 19.3. The van der Waals surface area contributed by atoms with Crippen molar-refractivity contribution >= 4 is 45.0 Å². The highest BCUT2D eigenvalue weighted by molar-refractivity contribution is 7.89. The highest BCUT2D eigenvalue weighted by Crippen LogP contribution is 2.21. The Kier molecular flexibility index (Phi) is 8.93. The number of carbonyl (C=O) groups is 2. The van der Waals surface area contributed by atoms with E-state index in [4.69, 9.17) is 23.2 Å². The molecule has 0 aliphatic carbocycles. The summed E-state index contributed by atoms with van der Waals surface area (Å²) in [6.45, 7) is 6.71. The minimum Gasteiger partial charge on any atom is -0.350 e. The van der Waals surface area contributed by atoms with Crippen molar-refractivity contribution in [2.45, 2.75) is 50.7 Å². The number of rotatable bonds is 8. The van der Waals surface area contributed by atoms with Crippen LogP contribution in [0.3, 0.4) is 0 Å². The summed E-state index contributed by atoms with van der Waals surface area (Å²) in [5, 5.41) is 3.70. The first kappa shape index (κ1) is 27.1. The smallest absolute Gasteiger partial charge is 0.243 e. The molecule has 0 spiro atoms. The molecule has 0 radical (unpaired) electrons. The van der Waals surface area contributed by atoms with E-state index in [9.17, 15) is 18.0 Å². The van der Waals surface area contributed by atoms with Gasteiger partial charge in [-0.3, -0.25) is 9.59 Å². The Labute approximate surface area is 205 Å². The maximum absolute atomic E-state index is 13.3. The van der Waals surface area contributed by atoms with Gasteiger partial charge in [-0.2, -0.15) is 4.31 Å². The molecule has 0 aromatic heterocycles. The SMILES string of the molecule is C[C@H](C(=O)NC(C)(C)C)N(Cc1ccccc1Cl)C(=O)CN(C)S(=O)(=O)c1ccc(Cl)cc1. The Morgan fingerprint density at radius 3 is 2.15 bits per heavy atom. The van der Waals surface area contributed by atoms with Gasteiger partial charge >= 0.3 is 0 Å². The second-order valence-electron chi connectivity index (χ2n) is 8.74. The van der Waals surface area contributed by atoms with E-state index in [1.807, 2.05) is 20.8 Å². The maximum Gasteiger partial charge on any atom is 0.243 e. The van der Waals surface area contributed by atoms with E-state index in [0.29, 0.717) is 15.6 Å². The molecule has 1 atom stereocenters. The Morgan fingerprint density at radius 1 is 1.03 bits per heavy atom. The number of benzene rings is 2. The lowest BCUT2D eigenvalue weighted by molar-refractivity contribution is -0.141. The van der Waals surface area contributed by atoms with Gasteiger partial charge in [-0.25, -0.2) is 8.42 Å². The predicted octanol–water partition coefficient (Wildman–Crippen LogP) is 3.95. The zero-order valence-corrected chi connectivity index (χ0v) is 21.6. The molecule has 33 heavy (non-hydrogen) atoms. The number of carbonyl (C=O) groups excluding carboxylic acids is 2. The lowest BCUT2D eigenvalue weighted by Crippen LogP contribution is -2.54. The van der Waals surface area contributed by atoms with Gasteiger partial charge in [-0.15, -0.1) is 0 Å². The van der Waals surface area contributed by atoms with Crippen molar-refractivity contribution in [3.05, 3.63) is 64.1 Å². The number of likely N-dealkylation sites (N-methyl/N-ethyl adjacent to an activating group) is 1. The van der Waals surface area contributed by atoms with Crippen molar-refractivity contribution in [1.82, 2.24) is 14.5 Å². The Morgan fingerprint density at radius 2 is 1.61 bits per heavy atom. The lowest BCUT2D eigenvalue weighted by atomic mass is 10.1. The number of amides is 2. The van der Waals surface area contributed by atoms with Gasteiger partial charge in [0.25, 0.3) is 0 Å². The minimum atomic E-state index is -3.94. The first-order valence-electron chi connectivity index (χ1n) is 10.3. The third-order valence-electron chi connectivity index (χ3n) is 4.84. The van der Waals surface area contributed by atoms with Gasteiger partial charge in [-0.1, -0.05) is 41.4 Å². The van der Waals surface area contributed by atoms with Crippen molar-refractivity contribution in [3.63, 3.8) is 0 Å². The summed E-state index contributed by atoms with van der Waals surface area (Å²) < 4.78 is 26.8. The molecule has 2 aromatic carbocycles. The number of halogens is 2. The molecule has 180 valence electrons. The van der Waals surface area contributed by atoms with Crippen LogP contribution in [0.5, 0.6) is 0 Å². The number of hydrogen-bond donors (Lipinski definition) is 1. The number of sulfonamides is 1. The average molecular weight is 514 g/mol. The van der Waals surface area contributed by atoms with Crippen LogP contribution in [-0.4, -0.2) is 54.6 Å². The molecule has 0 aliphatic rings. The third-order valence-corrected chi connectivity index (χ3v) is 7.28. The summed E-state index contributed by atoms with van der Waals surface area (Å²) in [4.78, 5) is 27.5. The van der Waals surface area contributed by atoms with Crippen LogP contribution in [0.2, 0.25) is 10.0 Å². The summed E-state index contributed by atoms with van der Waals surface area (Å²) in [5.41, 5.74) is 0.144. The van der Waals surface area contributed by atoms with Crippen LogP contribution in [0.4, 0.5) is 0 Å².